The van der Waals surface area contributed by atoms with Gasteiger partial charge < -0.3 is 19.2 Å². The van der Waals surface area contributed by atoms with Crippen molar-refractivity contribution < 1.29 is 18.7 Å². The van der Waals surface area contributed by atoms with Gasteiger partial charge in [-0.1, -0.05) is 30.3 Å². The van der Waals surface area contributed by atoms with Gasteiger partial charge in [-0.05, 0) is 47.4 Å². The highest BCUT2D eigenvalue weighted by molar-refractivity contribution is 5.78. The summed E-state index contributed by atoms with van der Waals surface area (Å²) >= 11 is 0. The van der Waals surface area contributed by atoms with Crippen LogP contribution in [-0.4, -0.2) is 38.1 Å². The second-order valence-corrected chi connectivity index (χ2v) is 7.30. The van der Waals surface area contributed by atoms with Crippen LogP contribution in [0.4, 0.5) is 0 Å². The molecule has 0 bridgehead atoms. The van der Waals surface area contributed by atoms with E-state index in [1.807, 2.05) is 36.4 Å². The van der Waals surface area contributed by atoms with Crippen molar-refractivity contribution >= 4 is 5.91 Å². The van der Waals surface area contributed by atoms with Gasteiger partial charge >= 0.3 is 0 Å². The molecule has 6 heteroatoms. The van der Waals surface area contributed by atoms with Gasteiger partial charge in [0.05, 0.1) is 39.6 Å². The minimum atomic E-state index is -0.0379. The van der Waals surface area contributed by atoms with Gasteiger partial charge in [-0.25, -0.2) is 0 Å². The van der Waals surface area contributed by atoms with Crippen LogP contribution in [0.15, 0.2) is 65.3 Å². The van der Waals surface area contributed by atoms with Gasteiger partial charge in [0.15, 0.2) is 11.5 Å². The van der Waals surface area contributed by atoms with Gasteiger partial charge in [0.2, 0.25) is 5.91 Å². The number of furan rings is 1. The van der Waals surface area contributed by atoms with Gasteiger partial charge in [-0.2, -0.15) is 0 Å². The van der Waals surface area contributed by atoms with Crippen LogP contribution >= 0.6 is 0 Å². The number of carbonyl (C=O) groups excluding carboxylic acids is 1. The average molecular weight is 406 g/mol. The van der Waals surface area contributed by atoms with Crippen molar-refractivity contribution in [1.82, 2.24) is 10.2 Å². The summed E-state index contributed by atoms with van der Waals surface area (Å²) in [6.07, 6.45) is 2.45. The van der Waals surface area contributed by atoms with E-state index in [1.54, 1.807) is 20.5 Å². The van der Waals surface area contributed by atoms with Gasteiger partial charge in [0.1, 0.15) is 5.76 Å². The predicted molar refractivity (Wildman–Crippen MR) is 114 cm³/mol. The Labute approximate surface area is 176 Å². The molecule has 30 heavy (non-hydrogen) atoms. The third-order valence-corrected chi connectivity index (χ3v) is 5.48. The van der Waals surface area contributed by atoms with E-state index in [4.69, 9.17) is 13.9 Å². The summed E-state index contributed by atoms with van der Waals surface area (Å²) in [5.74, 6) is 2.13. The van der Waals surface area contributed by atoms with Crippen molar-refractivity contribution in [2.45, 2.75) is 19.0 Å². The molecule has 0 aliphatic carbocycles. The summed E-state index contributed by atoms with van der Waals surface area (Å²) in [6.45, 7) is 1.46. The molecule has 3 aromatic rings. The van der Waals surface area contributed by atoms with Crippen LogP contribution in [0.1, 0.15) is 28.5 Å². The number of fused-ring (bicyclic) bond motifs is 1. The monoisotopic (exact) mass is 406 g/mol. The Bertz CT molecular complexity index is 986. The molecule has 0 spiro atoms. The van der Waals surface area contributed by atoms with Crippen LogP contribution in [0, 0.1) is 0 Å². The smallest absolute Gasteiger partial charge is 0.234 e. The van der Waals surface area contributed by atoms with E-state index in [1.165, 1.54) is 5.56 Å². The lowest BCUT2D eigenvalue weighted by Gasteiger charge is -2.37. The van der Waals surface area contributed by atoms with E-state index in [9.17, 15) is 4.79 Å². The molecule has 1 aromatic heterocycles. The molecule has 1 N–H and O–H groups in total. The summed E-state index contributed by atoms with van der Waals surface area (Å²) in [4.78, 5) is 14.9. The topological polar surface area (TPSA) is 63.9 Å². The van der Waals surface area contributed by atoms with E-state index in [0.717, 1.165) is 35.6 Å². The Balaban J connectivity index is 1.61. The normalized spacial score (nSPS) is 16.0. The SMILES string of the molecule is COc1cc2c(cc1OC)[C@H](c1ccccc1)N(CC(=O)NCc1ccco1)CC2. The van der Waals surface area contributed by atoms with Crippen LogP contribution in [0.25, 0.3) is 0 Å². The first kappa shape index (κ1) is 20.0. The highest BCUT2D eigenvalue weighted by Crippen LogP contribution is 2.40. The molecule has 0 saturated heterocycles. The highest BCUT2D eigenvalue weighted by atomic mass is 16.5. The number of ether oxygens (including phenoxy) is 2. The largest absolute Gasteiger partial charge is 0.493 e. The minimum Gasteiger partial charge on any atom is -0.493 e. The zero-order valence-electron chi connectivity index (χ0n) is 17.3. The average Bonchev–Trinajstić information content (AvgIpc) is 3.31. The molecule has 2 heterocycles. The Morgan fingerprint density at radius 3 is 2.57 bits per heavy atom. The Morgan fingerprint density at radius 1 is 1.10 bits per heavy atom. The molecular formula is C24H26N2O4. The van der Waals surface area contributed by atoms with E-state index in [2.05, 4.69) is 28.4 Å². The van der Waals surface area contributed by atoms with Gasteiger partial charge in [0, 0.05) is 6.54 Å². The summed E-state index contributed by atoms with van der Waals surface area (Å²) < 4.78 is 16.3. The molecule has 6 nitrogen and oxygen atoms in total. The Hall–Kier alpha value is -3.25. The van der Waals surface area contributed by atoms with Crippen molar-refractivity contribution in [1.29, 1.82) is 0 Å². The van der Waals surface area contributed by atoms with Crippen molar-refractivity contribution in [3.63, 3.8) is 0 Å². The molecule has 0 saturated carbocycles. The lowest BCUT2D eigenvalue weighted by molar-refractivity contribution is -0.123. The molecule has 1 aliphatic heterocycles. The molecule has 0 fully saturated rings. The number of carbonyl (C=O) groups is 1. The van der Waals surface area contributed by atoms with Crippen LogP contribution < -0.4 is 14.8 Å². The first-order chi connectivity index (χ1) is 14.7. The molecule has 156 valence electrons. The van der Waals surface area contributed by atoms with Crippen LogP contribution in [-0.2, 0) is 17.8 Å². The number of benzene rings is 2. The molecule has 1 aliphatic rings. The lowest BCUT2D eigenvalue weighted by atomic mass is 9.87. The number of amides is 1. The fourth-order valence-corrected chi connectivity index (χ4v) is 4.03. The van der Waals surface area contributed by atoms with Crippen LogP contribution in [0.5, 0.6) is 11.5 Å². The van der Waals surface area contributed by atoms with Crippen LogP contribution in [0.3, 0.4) is 0 Å². The van der Waals surface area contributed by atoms with E-state index in [0.29, 0.717) is 18.8 Å². The number of nitrogens with zero attached hydrogens (tertiary/aromatic N) is 1. The van der Waals surface area contributed by atoms with E-state index < -0.39 is 0 Å². The van der Waals surface area contributed by atoms with E-state index >= 15 is 0 Å². The molecule has 1 atom stereocenters. The molecular weight excluding hydrogens is 380 g/mol. The molecule has 4 rings (SSSR count). The fourth-order valence-electron chi connectivity index (χ4n) is 4.03. The van der Waals surface area contributed by atoms with Crippen molar-refractivity contribution in [2.75, 3.05) is 27.3 Å². The highest BCUT2D eigenvalue weighted by Gasteiger charge is 2.31. The maximum atomic E-state index is 12.7. The second kappa shape index (κ2) is 9.05. The number of methoxy groups -OCH3 is 2. The number of hydrogen-bond donors (Lipinski definition) is 1. The summed E-state index contributed by atoms with van der Waals surface area (Å²) in [5, 5.41) is 2.95. The molecule has 0 unspecified atom stereocenters. The zero-order valence-corrected chi connectivity index (χ0v) is 17.3. The Kier molecular flexibility index (Phi) is 6.05. The fraction of sp³-hybridized carbons (Fsp3) is 0.292. The van der Waals surface area contributed by atoms with Gasteiger partial charge in [-0.3, -0.25) is 9.69 Å². The lowest BCUT2D eigenvalue weighted by Crippen LogP contribution is -2.43. The minimum absolute atomic E-state index is 0.0312. The number of rotatable bonds is 7. The summed E-state index contributed by atoms with van der Waals surface area (Å²) in [7, 11) is 3.29. The maximum absolute atomic E-state index is 12.7. The van der Waals surface area contributed by atoms with Crippen molar-refractivity contribution in [2.24, 2.45) is 0 Å². The first-order valence-electron chi connectivity index (χ1n) is 10.0. The number of nitrogens with one attached hydrogen (secondary N) is 1. The maximum Gasteiger partial charge on any atom is 0.234 e. The van der Waals surface area contributed by atoms with Gasteiger partial charge in [0.25, 0.3) is 0 Å². The first-order valence-corrected chi connectivity index (χ1v) is 10.0. The van der Waals surface area contributed by atoms with Crippen molar-refractivity contribution in [3.05, 3.63) is 83.3 Å². The predicted octanol–water partition coefficient (Wildman–Crippen LogP) is 3.56. The summed E-state index contributed by atoms with van der Waals surface area (Å²) in [5.41, 5.74) is 3.50. The van der Waals surface area contributed by atoms with Crippen LogP contribution in [0.2, 0.25) is 0 Å². The zero-order chi connectivity index (χ0) is 20.9. The third-order valence-electron chi connectivity index (χ3n) is 5.48. The Morgan fingerprint density at radius 2 is 1.87 bits per heavy atom. The standard InChI is InChI=1S/C24H26N2O4/c1-28-21-13-18-10-11-26(16-23(27)25-15-19-9-6-12-30-19)24(17-7-4-3-5-8-17)20(18)14-22(21)29-2/h3-9,12-14,24H,10-11,15-16H2,1-2H3,(H,25,27)/t24-/m0/s1. The number of hydrogen-bond acceptors (Lipinski definition) is 5. The van der Waals surface area contributed by atoms with E-state index in [-0.39, 0.29) is 11.9 Å². The molecule has 1 amide bonds. The van der Waals surface area contributed by atoms with Gasteiger partial charge in [-0.15, -0.1) is 0 Å². The molecule has 2 aromatic carbocycles. The third kappa shape index (κ3) is 4.19. The molecule has 0 radical (unpaired) electrons. The second-order valence-electron chi connectivity index (χ2n) is 7.30. The quantitative estimate of drug-likeness (QED) is 0.650. The van der Waals surface area contributed by atoms with Crippen molar-refractivity contribution in [3.8, 4) is 11.5 Å². The summed E-state index contributed by atoms with van der Waals surface area (Å²) in [6, 6.07) is 18.0.